The highest BCUT2D eigenvalue weighted by atomic mass is 16.6. The highest BCUT2D eigenvalue weighted by Gasteiger charge is 2.28. The maximum Gasteiger partial charge on any atom is 0.310 e. The zero-order valence-electron chi connectivity index (χ0n) is 9.30. The minimum absolute atomic E-state index is 0.0387. The largest absolute Gasteiger partial charge is 0.479 e. The normalized spacial score (nSPS) is 19.8. The summed E-state index contributed by atoms with van der Waals surface area (Å²) >= 11 is 0. The van der Waals surface area contributed by atoms with Gasteiger partial charge in [-0.15, -0.1) is 0 Å². The highest BCUT2D eigenvalue weighted by Crippen LogP contribution is 2.43. The smallest absolute Gasteiger partial charge is 0.310 e. The van der Waals surface area contributed by atoms with Crippen molar-refractivity contribution >= 4 is 5.69 Å². The molecule has 5 nitrogen and oxygen atoms in total. The maximum absolute atomic E-state index is 10.9. The van der Waals surface area contributed by atoms with Gasteiger partial charge in [0.1, 0.15) is 6.10 Å². The molecular formula is C12H13NO4. The van der Waals surface area contributed by atoms with Crippen molar-refractivity contribution in [3.05, 3.63) is 33.9 Å². The van der Waals surface area contributed by atoms with Crippen molar-refractivity contribution in [3.63, 3.8) is 0 Å². The lowest BCUT2D eigenvalue weighted by atomic mass is 10.1. The van der Waals surface area contributed by atoms with Crippen LogP contribution in [0.25, 0.3) is 0 Å². The Labute approximate surface area is 98.5 Å². The van der Waals surface area contributed by atoms with E-state index in [2.05, 4.69) is 0 Å². The molecule has 0 unspecified atom stereocenters. The molecule has 1 aliphatic heterocycles. The Bertz CT molecular complexity index is 452. The summed E-state index contributed by atoms with van der Waals surface area (Å²) in [5.41, 5.74) is 1.19. The monoisotopic (exact) mass is 235 g/mol. The van der Waals surface area contributed by atoms with Crippen molar-refractivity contribution in [2.24, 2.45) is 0 Å². The number of hydrogen-bond donors (Lipinski definition) is 0. The van der Waals surface area contributed by atoms with Crippen LogP contribution in [0.15, 0.2) is 18.2 Å². The van der Waals surface area contributed by atoms with Crippen LogP contribution in [0.5, 0.6) is 5.75 Å². The molecule has 1 aromatic rings. The van der Waals surface area contributed by atoms with Crippen LogP contribution in [0.1, 0.15) is 24.3 Å². The molecule has 1 heterocycles. The fourth-order valence-corrected chi connectivity index (χ4v) is 1.91. The molecule has 0 radical (unpaired) electrons. The van der Waals surface area contributed by atoms with Gasteiger partial charge in [-0.05, 0) is 30.4 Å². The summed E-state index contributed by atoms with van der Waals surface area (Å²) in [6.45, 7) is 1.04. The van der Waals surface area contributed by atoms with Crippen molar-refractivity contribution in [1.29, 1.82) is 0 Å². The molecular weight excluding hydrogens is 222 g/mol. The van der Waals surface area contributed by atoms with Crippen LogP contribution in [-0.4, -0.2) is 24.2 Å². The fraction of sp³-hybridized carbons (Fsp3) is 0.500. The molecule has 0 atom stereocenters. The van der Waals surface area contributed by atoms with E-state index in [1.165, 1.54) is 12.8 Å². The number of ether oxygens (including phenoxy) is 2. The second-order valence-electron chi connectivity index (χ2n) is 4.54. The van der Waals surface area contributed by atoms with E-state index in [9.17, 15) is 10.1 Å². The molecule has 0 N–H and O–H groups in total. The lowest BCUT2D eigenvalue weighted by molar-refractivity contribution is -0.386. The standard InChI is InChI=1S/C12H13NO4/c14-13(15)11-4-3-9(8-1-2-8)5-12(11)17-10-6-16-7-10/h3-5,8,10H,1-2,6-7H2. The number of rotatable bonds is 4. The summed E-state index contributed by atoms with van der Waals surface area (Å²) in [5.74, 6) is 0.948. The van der Waals surface area contributed by atoms with Gasteiger partial charge in [-0.3, -0.25) is 10.1 Å². The molecule has 17 heavy (non-hydrogen) atoms. The van der Waals surface area contributed by atoms with E-state index >= 15 is 0 Å². The molecule has 0 bridgehead atoms. The number of nitro benzene ring substituents is 1. The van der Waals surface area contributed by atoms with Gasteiger partial charge in [0.25, 0.3) is 0 Å². The first-order valence-electron chi connectivity index (χ1n) is 5.77. The van der Waals surface area contributed by atoms with Crippen molar-refractivity contribution in [1.82, 2.24) is 0 Å². The number of nitrogens with zero attached hydrogens (tertiary/aromatic N) is 1. The van der Waals surface area contributed by atoms with Gasteiger partial charge >= 0.3 is 5.69 Å². The van der Waals surface area contributed by atoms with E-state index in [0.717, 1.165) is 5.56 Å². The first-order chi connectivity index (χ1) is 8.24. The Morgan fingerprint density at radius 2 is 2.12 bits per heavy atom. The molecule has 1 saturated carbocycles. The van der Waals surface area contributed by atoms with Gasteiger partial charge in [0.15, 0.2) is 5.75 Å². The van der Waals surface area contributed by atoms with Gasteiger partial charge < -0.3 is 9.47 Å². The molecule has 0 spiro atoms. The van der Waals surface area contributed by atoms with Crippen LogP contribution in [0, 0.1) is 10.1 Å². The van der Waals surface area contributed by atoms with Crippen LogP contribution >= 0.6 is 0 Å². The SMILES string of the molecule is O=[N+]([O-])c1ccc(C2CC2)cc1OC1COC1. The summed E-state index contributed by atoms with van der Waals surface area (Å²) in [5, 5.41) is 10.9. The Morgan fingerprint density at radius 1 is 1.35 bits per heavy atom. The lowest BCUT2D eigenvalue weighted by Gasteiger charge is -2.26. The van der Waals surface area contributed by atoms with E-state index in [4.69, 9.17) is 9.47 Å². The van der Waals surface area contributed by atoms with Crippen LogP contribution in [0.3, 0.4) is 0 Å². The first-order valence-corrected chi connectivity index (χ1v) is 5.77. The summed E-state index contributed by atoms with van der Waals surface area (Å²) in [6, 6.07) is 5.19. The Morgan fingerprint density at radius 3 is 2.65 bits per heavy atom. The van der Waals surface area contributed by atoms with E-state index in [1.807, 2.05) is 12.1 Å². The zero-order chi connectivity index (χ0) is 11.8. The zero-order valence-corrected chi connectivity index (χ0v) is 9.30. The second kappa shape index (κ2) is 4.00. The molecule has 2 fully saturated rings. The number of hydrogen-bond acceptors (Lipinski definition) is 4. The average molecular weight is 235 g/mol. The Hall–Kier alpha value is -1.62. The van der Waals surface area contributed by atoms with E-state index in [-0.39, 0.29) is 11.8 Å². The van der Waals surface area contributed by atoms with E-state index in [0.29, 0.717) is 24.9 Å². The summed E-state index contributed by atoms with van der Waals surface area (Å²) in [4.78, 5) is 10.5. The van der Waals surface area contributed by atoms with Crippen molar-refractivity contribution in [2.45, 2.75) is 24.9 Å². The second-order valence-corrected chi connectivity index (χ2v) is 4.54. The van der Waals surface area contributed by atoms with Crippen LogP contribution < -0.4 is 4.74 Å². The van der Waals surface area contributed by atoms with Crippen LogP contribution in [0.4, 0.5) is 5.69 Å². The van der Waals surface area contributed by atoms with Gasteiger partial charge in [0, 0.05) is 6.07 Å². The molecule has 1 aromatic carbocycles. The summed E-state index contributed by atoms with van der Waals surface area (Å²) in [6.07, 6.45) is 2.30. The lowest BCUT2D eigenvalue weighted by Crippen LogP contribution is -2.38. The third-order valence-electron chi connectivity index (χ3n) is 3.13. The predicted octanol–water partition coefficient (Wildman–Crippen LogP) is 2.25. The van der Waals surface area contributed by atoms with Gasteiger partial charge in [-0.2, -0.15) is 0 Å². The molecule has 5 heteroatoms. The average Bonchev–Trinajstić information content (AvgIpc) is 3.06. The third kappa shape index (κ3) is 2.10. The van der Waals surface area contributed by atoms with Gasteiger partial charge in [-0.1, -0.05) is 6.07 Å². The Balaban J connectivity index is 1.88. The topological polar surface area (TPSA) is 61.6 Å². The molecule has 1 saturated heterocycles. The maximum atomic E-state index is 10.9. The molecule has 3 rings (SSSR count). The fourth-order valence-electron chi connectivity index (χ4n) is 1.91. The van der Waals surface area contributed by atoms with Crippen LogP contribution in [0.2, 0.25) is 0 Å². The molecule has 0 aromatic heterocycles. The first kappa shape index (κ1) is 10.5. The van der Waals surface area contributed by atoms with Crippen molar-refractivity contribution < 1.29 is 14.4 Å². The van der Waals surface area contributed by atoms with Gasteiger partial charge in [-0.25, -0.2) is 0 Å². The highest BCUT2D eigenvalue weighted by molar-refractivity contribution is 5.50. The van der Waals surface area contributed by atoms with Crippen molar-refractivity contribution in [3.8, 4) is 5.75 Å². The quantitative estimate of drug-likeness (QED) is 0.593. The molecule has 90 valence electrons. The minimum atomic E-state index is -0.397. The van der Waals surface area contributed by atoms with E-state index < -0.39 is 4.92 Å². The van der Waals surface area contributed by atoms with Gasteiger partial charge in [0.2, 0.25) is 0 Å². The predicted molar refractivity (Wildman–Crippen MR) is 60.3 cm³/mol. The van der Waals surface area contributed by atoms with E-state index in [1.54, 1.807) is 6.07 Å². The molecule has 2 aliphatic rings. The van der Waals surface area contributed by atoms with Crippen molar-refractivity contribution in [2.75, 3.05) is 13.2 Å². The number of benzene rings is 1. The summed E-state index contributed by atoms with van der Waals surface area (Å²) in [7, 11) is 0. The number of nitro groups is 1. The van der Waals surface area contributed by atoms with Gasteiger partial charge in [0.05, 0.1) is 18.1 Å². The molecule has 0 amide bonds. The summed E-state index contributed by atoms with van der Waals surface area (Å²) < 4.78 is 10.6. The Kier molecular flexibility index (Phi) is 2.48. The minimum Gasteiger partial charge on any atom is -0.479 e. The molecule has 1 aliphatic carbocycles. The van der Waals surface area contributed by atoms with Crippen LogP contribution in [-0.2, 0) is 4.74 Å². The third-order valence-corrected chi connectivity index (χ3v) is 3.13.